The summed E-state index contributed by atoms with van der Waals surface area (Å²) in [6, 6.07) is 0.550. The van der Waals surface area contributed by atoms with Crippen LogP contribution in [0.25, 0.3) is 0 Å². The highest BCUT2D eigenvalue weighted by atomic mass is 127. The summed E-state index contributed by atoms with van der Waals surface area (Å²) in [6.07, 6.45) is -4.97. The van der Waals surface area contributed by atoms with Crippen molar-refractivity contribution < 1.29 is 27.6 Å². The maximum atomic E-state index is 12.1. The van der Waals surface area contributed by atoms with Gasteiger partial charge in [-0.15, -0.1) is 13.2 Å². The molecule has 1 heterocycles. The molecule has 0 N–H and O–H groups in total. The van der Waals surface area contributed by atoms with E-state index >= 15 is 0 Å². The zero-order valence-electron chi connectivity index (χ0n) is 8.12. The Morgan fingerprint density at radius 3 is 2.53 bits per heavy atom. The summed E-state index contributed by atoms with van der Waals surface area (Å²) >= 11 is 1.51. The monoisotopic (exact) mass is 364 g/mol. The summed E-state index contributed by atoms with van der Waals surface area (Å²) in [4.78, 5) is 13.0. The summed E-state index contributed by atoms with van der Waals surface area (Å²) in [5, 5.41) is 10.4. The molecule has 94 valence electrons. The lowest BCUT2D eigenvalue weighted by Gasteiger charge is -2.11. The molecule has 10 heteroatoms. The third kappa shape index (κ3) is 3.57. The largest absolute Gasteiger partial charge is 0.573 e. The standard InChI is InChI=1S/C7H4F3IN2O4/c1-16-5-3(17-7(8,9)10)2-4(13(14)15)12-6(5)11/h2H,1H3. The second-order valence-electron chi connectivity index (χ2n) is 2.61. The van der Waals surface area contributed by atoms with Gasteiger partial charge in [0, 0.05) is 22.6 Å². The number of methoxy groups -OCH3 is 1. The molecule has 0 bridgehead atoms. The van der Waals surface area contributed by atoms with Crippen LogP contribution >= 0.6 is 22.6 Å². The predicted octanol–water partition coefficient (Wildman–Crippen LogP) is 2.50. The lowest BCUT2D eigenvalue weighted by molar-refractivity contribution is -0.389. The van der Waals surface area contributed by atoms with E-state index in [-0.39, 0.29) is 9.45 Å². The predicted molar refractivity (Wildman–Crippen MR) is 56.8 cm³/mol. The van der Waals surface area contributed by atoms with E-state index in [9.17, 15) is 23.3 Å². The van der Waals surface area contributed by atoms with Crippen molar-refractivity contribution in [3.63, 3.8) is 0 Å². The van der Waals surface area contributed by atoms with Crippen LogP contribution < -0.4 is 9.47 Å². The Balaban J connectivity index is 3.29. The highest BCUT2D eigenvalue weighted by Gasteiger charge is 2.35. The van der Waals surface area contributed by atoms with E-state index < -0.39 is 22.9 Å². The van der Waals surface area contributed by atoms with Gasteiger partial charge in [0.25, 0.3) is 3.70 Å². The van der Waals surface area contributed by atoms with Crippen LogP contribution in [0.4, 0.5) is 19.0 Å². The van der Waals surface area contributed by atoms with Crippen molar-refractivity contribution in [1.82, 2.24) is 4.98 Å². The Labute approximate surface area is 106 Å². The van der Waals surface area contributed by atoms with Gasteiger partial charge in [-0.05, 0) is 9.91 Å². The van der Waals surface area contributed by atoms with Gasteiger partial charge in [0.15, 0.2) is 5.75 Å². The molecule has 0 aliphatic heterocycles. The second kappa shape index (κ2) is 4.89. The van der Waals surface area contributed by atoms with E-state index in [1.165, 1.54) is 22.6 Å². The number of rotatable bonds is 3. The van der Waals surface area contributed by atoms with Crippen LogP contribution in [0.15, 0.2) is 6.07 Å². The van der Waals surface area contributed by atoms with Crippen molar-refractivity contribution in [2.45, 2.75) is 6.36 Å². The normalized spacial score (nSPS) is 11.1. The molecule has 0 saturated carbocycles. The number of hydrogen-bond acceptors (Lipinski definition) is 5. The molecular formula is C7H4F3IN2O4. The third-order valence-electron chi connectivity index (χ3n) is 1.50. The van der Waals surface area contributed by atoms with Crippen molar-refractivity contribution in [2.75, 3.05) is 7.11 Å². The molecule has 0 aliphatic rings. The first-order chi connectivity index (χ1) is 7.74. The molecule has 0 atom stereocenters. The highest BCUT2D eigenvalue weighted by molar-refractivity contribution is 14.1. The number of aromatic nitrogens is 1. The molecule has 6 nitrogen and oxygen atoms in total. The summed E-state index contributed by atoms with van der Waals surface area (Å²) in [5.74, 6) is -1.87. The number of pyridine rings is 1. The minimum Gasteiger partial charge on any atom is -0.489 e. The van der Waals surface area contributed by atoms with Crippen molar-refractivity contribution in [3.8, 4) is 11.5 Å². The quantitative estimate of drug-likeness (QED) is 0.357. The highest BCUT2D eigenvalue weighted by Crippen LogP contribution is 2.37. The molecule has 0 spiro atoms. The molecule has 0 aliphatic carbocycles. The Morgan fingerprint density at radius 2 is 2.12 bits per heavy atom. The smallest absolute Gasteiger partial charge is 0.489 e. The topological polar surface area (TPSA) is 74.5 Å². The van der Waals surface area contributed by atoms with Crippen LogP contribution in [0, 0.1) is 13.8 Å². The lowest BCUT2D eigenvalue weighted by atomic mass is 10.4. The minimum absolute atomic E-state index is 0.0986. The average Bonchev–Trinajstić information content (AvgIpc) is 2.14. The van der Waals surface area contributed by atoms with E-state index in [0.29, 0.717) is 6.07 Å². The van der Waals surface area contributed by atoms with Crippen LogP contribution in [0.5, 0.6) is 11.5 Å². The average molecular weight is 364 g/mol. The van der Waals surface area contributed by atoms with Crippen molar-refractivity contribution in [2.24, 2.45) is 0 Å². The van der Waals surface area contributed by atoms with Crippen LogP contribution in [0.3, 0.4) is 0 Å². The van der Waals surface area contributed by atoms with Gasteiger partial charge in [-0.1, -0.05) is 0 Å². The SMILES string of the molecule is COc1c(OC(F)(F)F)cc([N+](=O)[O-])nc1I. The van der Waals surface area contributed by atoms with Crippen molar-refractivity contribution >= 4 is 28.4 Å². The number of halogens is 4. The van der Waals surface area contributed by atoms with Crippen LogP contribution in [0.1, 0.15) is 0 Å². The molecule has 17 heavy (non-hydrogen) atoms. The Morgan fingerprint density at radius 1 is 1.53 bits per heavy atom. The van der Waals surface area contributed by atoms with E-state index in [1.807, 2.05) is 0 Å². The zero-order chi connectivity index (χ0) is 13.2. The van der Waals surface area contributed by atoms with Gasteiger partial charge in [0.2, 0.25) is 5.75 Å². The molecule has 0 saturated heterocycles. The summed E-state index contributed by atoms with van der Waals surface area (Å²) < 4.78 is 44.3. The van der Waals surface area contributed by atoms with Crippen LogP contribution in [0.2, 0.25) is 0 Å². The number of ether oxygens (including phenoxy) is 2. The first kappa shape index (κ1) is 13.7. The van der Waals surface area contributed by atoms with Crippen LogP contribution in [-0.4, -0.2) is 23.4 Å². The molecule has 1 aromatic heterocycles. The van der Waals surface area contributed by atoms with Crippen molar-refractivity contribution in [3.05, 3.63) is 19.9 Å². The summed E-state index contributed by atoms with van der Waals surface area (Å²) in [5.41, 5.74) is 0. The van der Waals surface area contributed by atoms with Crippen LogP contribution in [-0.2, 0) is 0 Å². The number of hydrogen-bond donors (Lipinski definition) is 0. The Bertz CT molecular complexity index is 451. The fourth-order valence-corrected chi connectivity index (χ4v) is 1.68. The first-order valence-corrected chi connectivity index (χ1v) is 4.97. The van der Waals surface area contributed by atoms with E-state index in [4.69, 9.17) is 0 Å². The van der Waals surface area contributed by atoms with Gasteiger partial charge in [-0.25, -0.2) is 0 Å². The van der Waals surface area contributed by atoms with Gasteiger partial charge in [0.05, 0.1) is 13.2 Å². The fraction of sp³-hybridized carbons (Fsp3) is 0.286. The molecule has 0 amide bonds. The maximum Gasteiger partial charge on any atom is 0.573 e. The molecular weight excluding hydrogens is 360 g/mol. The van der Waals surface area contributed by atoms with Gasteiger partial charge in [-0.2, -0.15) is 0 Å². The summed E-state index contributed by atoms with van der Waals surface area (Å²) in [7, 11) is 1.11. The van der Waals surface area contributed by atoms with Gasteiger partial charge in [-0.3, -0.25) is 0 Å². The lowest BCUT2D eigenvalue weighted by Crippen LogP contribution is -2.18. The third-order valence-corrected chi connectivity index (χ3v) is 2.23. The van der Waals surface area contributed by atoms with Gasteiger partial charge in [0.1, 0.15) is 0 Å². The molecule has 0 fully saturated rings. The number of nitro groups is 1. The zero-order valence-corrected chi connectivity index (χ0v) is 10.3. The maximum absolute atomic E-state index is 12.1. The number of nitrogens with zero attached hydrogens (tertiary/aromatic N) is 2. The number of alkyl halides is 3. The van der Waals surface area contributed by atoms with Gasteiger partial charge >= 0.3 is 12.2 Å². The molecule has 0 radical (unpaired) electrons. The Kier molecular flexibility index (Phi) is 3.95. The molecule has 0 unspecified atom stereocenters. The van der Waals surface area contributed by atoms with Crippen molar-refractivity contribution in [1.29, 1.82) is 0 Å². The summed E-state index contributed by atoms with van der Waals surface area (Å²) in [6.45, 7) is 0. The van der Waals surface area contributed by atoms with E-state index in [1.54, 1.807) is 0 Å². The van der Waals surface area contributed by atoms with E-state index in [2.05, 4.69) is 14.5 Å². The Hall–Kier alpha value is -1.33. The minimum atomic E-state index is -4.97. The van der Waals surface area contributed by atoms with E-state index in [0.717, 1.165) is 7.11 Å². The second-order valence-corrected chi connectivity index (χ2v) is 3.63. The molecule has 0 aromatic carbocycles. The first-order valence-electron chi connectivity index (χ1n) is 3.89. The fourth-order valence-electron chi connectivity index (χ4n) is 0.947. The molecule has 1 rings (SSSR count). The van der Waals surface area contributed by atoms with Gasteiger partial charge < -0.3 is 19.6 Å². The molecule has 1 aromatic rings.